The molecule has 0 bridgehead atoms. The predicted octanol–water partition coefficient (Wildman–Crippen LogP) is 2.80. The highest BCUT2D eigenvalue weighted by molar-refractivity contribution is 7.79. The van der Waals surface area contributed by atoms with Gasteiger partial charge in [0.1, 0.15) is 5.75 Å². The molecule has 0 unspecified atom stereocenters. The number of ether oxygens (including phenoxy) is 1. The van der Waals surface area contributed by atoms with Gasteiger partial charge in [0.15, 0.2) is 0 Å². The van der Waals surface area contributed by atoms with Crippen molar-refractivity contribution in [1.29, 1.82) is 0 Å². The Balaban J connectivity index is 0.000000561. The van der Waals surface area contributed by atoms with Crippen molar-refractivity contribution in [3.63, 3.8) is 0 Å². The highest BCUT2D eigenvalue weighted by Crippen LogP contribution is 2.10. The normalized spacial score (nSPS) is 8.33. The molecule has 0 N–H and O–H groups in total. The van der Waals surface area contributed by atoms with Crippen molar-refractivity contribution in [2.24, 2.45) is 0 Å². The minimum Gasteiger partial charge on any atom is -0.497 e. The summed E-state index contributed by atoms with van der Waals surface area (Å²) in [6.07, 6.45) is 2.78. The van der Waals surface area contributed by atoms with Crippen LogP contribution in [0.1, 0.15) is 12.5 Å². The molecule has 0 atom stereocenters. The molecule has 68 valence electrons. The number of aryl methyl sites for hydroxylation is 1. The first-order valence-corrected chi connectivity index (χ1v) is 4.84. The Morgan fingerprint density at radius 1 is 1.17 bits per heavy atom. The summed E-state index contributed by atoms with van der Waals surface area (Å²) in [7, 11) is 1.68. The molecule has 0 saturated heterocycles. The van der Waals surface area contributed by atoms with Crippen molar-refractivity contribution in [3.05, 3.63) is 29.8 Å². The quantitative estimate of drug-likeness (QED) is 0.695. The van der Waals surface area contributed by atoms with E-state index >= 15 is 0 Å². The molecule has 1 nitrogen and oxygen atoms in total. The van der Waals surface area contributed by atoms with Gasteiger partial charge in [0.05, 0.1) is 7.11 Å². The summed E-state index contributed by atoms with van der Waals surface area (Å²) in [5.41, 5.74) is 1.35. The zero-order valence-corrected chi connectivity index (χ0v) is 8.77. The fourth-order valence-corrected chi connectivity index (χ4v) is 0.861. The van der Waals surface area contributed by atoms with E-state index in [9.17, 15) is 0 Å². The van der Waals surface area contributed by atoms with E-state index in [-0.39, 0.29) is 0 Å². The molecule has 1 aromatic rings. The van der Waals surface area contributed by atoms with Gasteiger partial charge in [0, 0.05) is 0 Å². The van der Waals surface area contributed by atoms with Crippen molar-refractivity contribution in [1.82, 2.24) is 0 Å². The first-order chi connectivity index (χ1) is 5.86. The zero-order valence-electron chi connectivity index (χ0n) is 7.87. The van der Waals surface area contributed by atoms with Crippen LogP contribution in [-0.4, -0.2) is 13.4 Å². The van der Waals surface area contributed by atoms with Gasteiger partial charge in [-0.1, -0.05) is 19.1 Å². The maximum absolute atomic E-state index is 5.01. The molecule has 1 rings (SSSR count). The molecule has 1 aromatic carbocycles. The summed E-state index contributed by atoms with van der Waals surface area (Å²) in [5, 5.41) is 0. The standard InChI is InChI=1S/C9H12O.CH4S/c1-3-8-4-6-9(10-2)7-5-8;1-2/h4-7H,3H2,1-2H3;2H,1H3. The van der Waals surface area contributed by atoms with Crippen molar-refractivity contribution >= 4 is 12.6 Å². The van der Waals surface area contributed by atoms with E-state index in [2.05, 4.69) is 31.7 Å². The number of rotatable bonds is 2. The van der Waals surface area contributed by atoms with Gasteiger partial charge in [-0.25, -0.2) is 0 Å². The van der Waals surface area contributed by atoms with Crippen LogP contribution in [0, 0.1) is 0 Å². The molecule has 0 aliphatic rings. The van der Waals surface area contributed by atoms with E-state index in [1.54, 1.807) is 13.4 Å². The van der Waals surface area contributed by atoms with Crippen LogP contribution in [0.25, 0.3) is 0 Å². The molecule has 0 fully saturated rings. The van der Waals surface area contributed by atoms with Gasteiger partial charge in [-0.2, -0.15) is 12.6 Å². The molecule has 0 saturated carbocycles. The highest BCUT2D eigenvalue weighted by atomic mass is 32.1. The molecular formula is C10H16OS. The number of hydrogen-bond acceptors (Lipinski definition) is 2. The number of hydrogen-bond donors (Lipinski definition) is 1. The molecule has 0 heterocycles. The molecule has 0 aromatic heterocycles. The van der Waals surface area contributed by atoms with Crippen LogP contribution in [0.5, 0.6) is 5.75 Å². The Bertz CT molecular complexity index is 170. The minimum atomic E-state index is 0.928. The highest BCUT2D eigenvalue weighted by Gasteiger charge is 1.89. The first-order valence-electron chi connectivity index (χ1n) is 3.94. The summed E-state index contributed by atoms with van der Waals surface area (Å²) in [6, 6.07) is 8.13. The summed E-state index contributed by atoms with van der Waals surface area (Å²) >= 11 is 3.53. The van der Waals surface area contributed by atoms with E-state index < -0.39 is 0 Å². The third-order valence-corrected chi connectivity index (χ3v) is 1.57. The van der Waals surface area contributed by atoms with E-state index in [0.717, 1.165) is 12.2 Å². The molecule has 0 aliphatic carbocycles. The van der Waals surface area contributed by atoms with Crippen LogP contribution >= 0.6 is 12.6 Å². The summed E-state index contributed by atoms with van der Waals surface area (Å²) in [4.78, 5) is 0. The molecule has 0 spiro atoms. The Labute approximate surface area is 80.2 Å². The van der Waals surface area contributed by atoms with Gasteiger partial charge in [0.2, 0.25) is 0 Å². The average Bonchev–Trinajstić information content (AvgIpc) is 2.21. The van der Waals surface area contributed by atoms with Gasteiger partial charge in [-0.3, -0.25) is 0 Å². The smallest absolute Gasteiger partial charge is 0.118 e. The van der Waals surface area contributed by atoms with Crippen molar-refractivity contribution in [2.75, 3.05) is 13.4 Å². The number of thiol groups is 1. The van der Waals surface area contributed by atoms with Crippen LogP contribution < -0.4 is 4.74 Å². The molecular weight excluding hydrogens is 168 g/mol. The van der Waals surface area contributed by atoms with Crippen molar-refractivity contribution in [3.8, 4) is 5.75 Å². The van der Waals surface area contributed by atoms with E-state index in [4.69, 9.17) is 4.74 Å². The van der Waals surface area contributed by atoms with Crippen LogP contribution in [0.4, 0.5) is 0 Å². The maximum atomic E-state index is 5.01. The van der Waals surface area contributed by atoms with E-state index in [1.165, 1.54) is 5.56 Å². The van der Waals surface area contributed by atoms with Crippen molar-refractivity contribution < 1.29 is 4.74 Å². The molecule has 2 heteroatoms. The van der Waals surface area contributed by atoms with Crippen LogP contribution in [-0.2, 0) is 6.42 Å². The summed E-state index contributed by atoms with van der Waals surface area (Å²) < 4.78 is 5.01. The minimum absolute atomic E-state index is 0.928. The van der Waals surface area contributed by atoms with Gasteiger partial charge in [-0.05, 0) is 30.4 Å². The second kappa shape index (κ2) is 7.04. The van der Waals surface area contributed by atoms with Gasteiger partial charge in [0.25, 0.3) is 0 Å². The topological polar surface area (TPSA) is 9.23 Å². The molecule has 0 amide bonds. The zero-order chi connectivity index (χ0) is 9.40. The Morgan fingerprint density at radius 2 is 1.67 bits per heavy atom. The lowest BCUT2D eigenvalue weighted by Gasteiger charge is -1.99. The second-order valence-corrected chi connectivity index (χ2v) is 2.20. The molecule has 0 aliphatic heterocycles. The second-order valence-electron chi connectivity index (χ2n) is 2.20. The SMILES string of the molecule is CCc1ccc(OC)cc1.CS. The third-order valence-electron chi connectivity index (χ3n) is 1.57. The third kappa shape index (κ3) is 3.67. The maximum Gasteiger partial charge on any atom is 0.118 e. The van der Waals surface area contributed by atoms with Gasteiger partial charge in [-0.15, -0.1) is 0 Å². The average molecular weight is 184 g/mol. The van der Waals surface area contributed by atoms with Crippen LogP contribution in [0.15, 0.2) is 24.3 Å². The Hall–Kier alpha value is -0.630. The number of methoxy groups -OCH3 is 1. The molecule has 0 radical (unpaired) electrons. The van der Waals surface area contributed by atoms with E-state index in [0.29, 0.717) is 0 Å². The summed E-state index contributed by atoms with van der Waals surface area (Å²) in [5.74, 6) is 0.928. The lowest BCUT2D eigenvalue weighted by molar-refractivity contribution is 0.414. The predicted molar refractivity (Wildman–Crippen MR) is 57.3 cm³/mol. The fourth-order valence-electron chi connectivity index (χ4n) is 0.861. The Kier molecular flexibility index (Phi) is 6.67. The monoisotopic (exact) mass is 184 g/mol. The van der Waals surface area contributed by atoms with Crippen LogP contribution in [0.3, 0.4) is 0 Å². The lowest BCUT2D eigenvalue weighted by Crippen LogP contribution is -1.83. The van der Waals surface area contributed by atoms with Gasteiger partial charge >= 0.3 is 0 Å². The van der Waals surface area contributed by atoms with E-state index in [1.807, 2.05) is 12.1 Å². The first kappa shape index (κ1) is 11.4. The van der Waals surface area contributed by atoms with Crippen LogP contribution in [0.2, 0.25) is 0 Å². The van der Waals surface area contributed by atoms with Crippen molar-refractivity contribution in [2.45, 2.75) is 13.3 Å². The van der Waals surface area contributed by atoms with Gasteiger partial charge < -0.3 is 4.74 Å². The number of benzene rings is 1. The lowest BCUT2D eigenvalue weighted by atomic mass is 10.2. The summed E-state index contributed by atoms with van der Waals surface area (Å²) in [6.45, 7) is 2.14. The fraction of sp³-hybridized carbons (Fsp3) is 0.400. The molecule has 12 heavy (non-hydrogen) atoms. The largest absolute Gasteiger partial charge is 0.497 e. The Morgan fingerprint density at radius 3 is 2.00 bits per heavy atom.